The van der Waals surface area contributed by atoms with Gasteiger partial charge in [0.15, 0.2) is 0 Å². The molecule has 0 bridgehead atoms. The van der Waals surface area contributed by atoms with Gasteiger partial charge >= 0.3 is 0 Å². The molecule has 0 unspecified atom stereocenters. The summed E-state index contributed by atoms with van der Waals surface area (Å²) in [6.45, 7) is 0.200. The van der Waals surface area contributed by atoms with Gasteiger partial charge in [-0.15, -0.1) is 0 Å². The molecule has 0 aromatic carbocycles. The van der Waals surface area contributed by atoms with E-state index in [1.54, 1.807) is 7.05 Å². The lowest BCUT2D eigenvalue weighted by molar-refractivity contribution is -0.127. The molecule has 0 aromatic rings. The minimum absolute atomic E-state index is 0.0410. The molecule has 4 nitrogen and oxygen atoms in total. The number of hydrogen-bond donors (Lipinski definition) is 2. The smallest absolute Gasteiger partial charge is 0.245 e. The van der Waals surface area contributed by atoms with E-state index in [1.165, 1.54) is 0 Å². The summed E-state index contributed by atoms with van der Waals surface area (Å²) in [5, 5.41) is 5.81. The zero-order valence-electron chi connectivity index (χ0n) is 9.01. The van der Waals surface area contributed by atoms with Crippen molar-refractivity contribution in [1.29, 1.82) is 0 Å². The lowest BCUT2D eigenvalue weighted by atomic mass is 9.93. The zero-order chi connectivity index (χ0) is 10.4. The number of rotatable bonds is 4. The van der Waals surface area contributed by atoms with Gasteiger partial charge in [-0.25, -0.2) is 0 Å². The third kappa shape index (κ3) is 3.64. The monoisotopic (exact) mass is 200 g/mol. The molecule has 14 heavy (non-hydrogen) atoms. The Labute approximate surface area is 85.4 Å². The average molecular weight is 200 g/mol. The Morgan fingerprint density at radius 1 is 1.29 bits per heavy atom. The van der Waals surface area contributed by atoms with Crippen molar-refractivity contribution < 1.29 is 9.53 Å². The molecule has 0 aliphatic heterocycles. The van der Waals surface area contributed by atoms with E-state index in [2.05, 4.69) is 10.6 Å². The highest BCUT2D eigenvalue weighted by Crippen LogP contribution is 2.20. The van der Waals surface area contributed by atoms with Crippen LogP contribution < -0.4 is 10.6 Å². The molecule has 0 atom stereocenters. The standard InChI is InChI=1S/C10H20N2O2/c1-11-8-3-5-9(6-4-8)14-7-10(13)12-2/h8-9,11H,3-7H2,1-2H3,(H,12,13)/t8-,9-. The fourth-order valence-electron chi connectivity index (χ4n) is 1.78. The first-order chi connectivity index (χ1) is 6.76. The molecular weight excluding hydrogens is 180 g/mol. The van der Waals surface area contributed by atoms with Gasteiger partial charge in [-0.3, -0.25) is 4.79 Å². The van der Waals surface area contributed by atoms with Crippen LogP contribution in [0.3, 0.4) is 0 Å². The Morgan fingerprint density at radius 3 is 2.43 bits per heavy atom. The van der Waals surface area contributed by atoms with Gasteiger partial charge in [0.05, 0.1) is 6.10 Å². The fraction of sp³-hybridized carbons (Fsp3) is 0.900. The summed E-state index contributed by atoms with van der Waals surface area (Å²) in [5.74, 6) is -0.0410. The molecule has 1 rings (SSSR count). The number of carbonyl (C=O) groups excluding carboxylic acids is 1. The van der Waals surface area contributed by atoms with Crippen LogP contribution in [0.25, 0.3) is 0 Å². The van der Waals surface area contributed by atoms with Crippen molar-refractivity contribution in [2.75, 3.05) is 20.7 Å². The highest BCUT2D eigenvalue weighted by atomic mass is 16.5. The van der Waals surface area contributed by atoms with Crippen LogP contribution in [0.2, 0.25) is 0 Å². The normalized spacial score (nSPS) is 27.3. The number of likely N-dealkylation sites (N-methyl/N-ethyl adjacent to an activating group) is 1. The Bertz CT molecular complexity index is 177. The molecule has 4 heteroatoms. The van der Waals surface area contributed by atoms with Crippen molar-refractivity contribution in [3.8, 4) is 0 Å². The van der Waals surface area contributed by atoms with Crippen molar-refractivity contribution >= 4 is 5.91 Å². The summed E-state index contributed by atoms with van der Waals surface area (Å²) in [6.07, 6.45) is 4.69. The molecule has 1 amide bonds. The Kier molecular flexibility index (Phi) is 4.90. The van der Waals surface area contributed by atoms with E-state index in [4.69, 9.17) is 4.74 Å². The van der Waals surface area contributed by atoms with Gasteiger partial charge in [0.25, 0.3) is 0 Å². The van der Waals surface area contributed by atoms with E-state index in [0.717, 1.165) is 25.7 Å². The molecule has 2 N–H and O–H groups in total. The molecule has 82 valence electrons. The van der Waals surface area contributed by atoms with Crippen molar-refractivity contribution in [3.63, 3.8) is 0 Å². The van der Waals surface area contributed by atoms with Crippen molar-refractivity contribution in [1.82, 2.24) is 10.6 Å². The van der Waals surface area contributed by atoms with E-state index in [0.29, 0.717) is 6.04 Å². The second-order valence-corrected chi connectivity index (χ2v) is 3.75. The maximum atomic E-state index is 10.9. The molecule has 1 aliphatic carbocycles. The van der Waals surface area contributed by atoms with Gasteiger partial charge in [-0.05, 0) is 32.7 Å². The SMILES string of the molecule is CNC(=O)CO[C@H]1CC[C@H](NC)CC1. The third-order valence-corrected chi connectivity index (χ3v) is 2.81. The molecule has 1 saturated carbocycles. The van der Waals surface area contributed by atoms with Crippen molar-refractivity contribution in [2.45, 2.75) is 37.8 Å². The summed E-state index contributed by atoms with van der Waals surface area (Å²) in [6, 6.07) is 0.634. The van der Waals surface area contributed by atoms with Gasteiger partial charge in [0.2, 0.25) is 5.91 Å². The number of amides is 1. The molecule has 0 aromatic heterocycles. The van der Waals surface area contributed by atoms with Crippen LogP contribution in [0.5, 0.6) is 0 Å². The van der Waals surface area contributed by atoms with Gasteiger partial charge < -0.3 is 15.4 Å². The van der Waals surface area contributed by atoms with Gasteiger partial charge in [0.1, 0.15) is 6.61 Å². The molecule has 1 fully saturated rings. The molecular formula is C10H20N2O2. The minimum atomic E-state index is -0.0410. The molecule has 0 radical (unpaired) electrons. The zero-order valence-corrected chi connectivity index (χ0v) is 9.01. The van der Waals surface area contributed by atoms with Crippen molar-refractivity contribution in [3.05, 3.63) is 0 Å². The van der Waals surface area contributed by atoms with Crippen LogP contribution in [0.15, 0.2) is 0 Å². The Balaban J connectivity index is 2.13. The second kappa shape index (κ2) is 5.98. The summed E-state index contributed by atoms with van der Waals surface area (Å²) in [7, 11) is 3.62. The summed E-state index contributed by atoms with van der Waals surface area (Å²) in [5.41, 5.74) is 0. The Hall–Kier alpha value is -0.610. The summed E-state index contributed by atoms with van der Waals surface area (Å²) >= 11 is 0. The maximum Gasteiger partial charge on any atom is 0.245 e. The van der Waals surface area contributed by atoms with Gasteiger partial charge in [-0.1, -0.05) is 0 Å². The Morgan fingerprint density at radius 2 is 1.93 bits per heavy atom. The first kappa shape index (κ1) is 11.5. The lowest BCUT2D eigenvalue weighted by Crippen LogP contribution is -2.34. The summed E-state index contributed by atoms with van der Waals surface area (Å²) in [4.78, 5) is 10.9. The second-order valence-electron chi connectivity index (χ2n) is 3.75. The fourth-order valence-corrected chi connectivity index (χ4v) is 1.78. The van der Waals surface area contributed by atoms with Crippen LogP contribution in [0.1, 0.15) is 25.7 Å². The quantitative estimate of drug-likeness (QED) is 0.685. The van der Waals surface area contributed by atoms with Crippen LogP contribution in [-0.4, -0.2) is 38.8 Å². The predicted octanol–water partition coefficient (Wildman–Crippen LogP) is 0.280. The lowest BCUT2D eigenvalue weighted by Gasteiger charge is -2.27. The number of hydrogen-bond acceptors (Lipinski definition) is 3. The average Bonchev–Trinajstić information content (AvgIpc) is 2.26. The third-order valence-electron chi connectivity index (χ3n) is 2.81. The largest absolute Gasteiger partial charge is 0.368 e. The van der Waals surface area contributed by atoms with E-state index in [1.807, 2.05) is 7.05 Å². The predicted molar refractivity (Wildman–Crippen MR) is 55.1 cm³/mol. The van der Waals surface area contributed by atoms with E-state index in [9.17, 15) is 4.79 Å². The first-order valence-corrected chi connectivity index (χ1v) is 5.25. The minimum Gasteiger partial charge on any atom is -0.368 e. The van der Waals surface area contributed by atoms with Crippen LogP contribution in [0, 0.1) is 0 Å². The maximum absolute atomic E-state index is 10.9. The van der Waals surface area contributed by atoms with Crippen LogP contribution in [0.4, 0.5) is 0 Å². The highest BCUT2D eigenvalue weighted by molar-refractivity contribution is 5.76. The molecule has 0 spiro atoms. The molecule has 0 saturated heterocycles. The van der Waals surface area contributed by atoms with E-state index in [-0.39, 0.29) is 18.6 Å². The van der Waals surface area contributed by atoms with E-state index >= 15 is 0 Å². The number of carbonyl (C=O) groups is 1. The topological polar surface area (TPSA) is 50.4 Å². The van der Waals surface area contributed by atoms with Crippen molar-refractivity contribution in [2.24, 2.45) is 0 Å². The van der Waals surface area contributed by atoms with Crippen LogP contribution >= 0.6 is 0 Å². The van der Waals surface area contributed by atoms with E-state index < -0.39 is 0 Å². The number of nitrogens with one attached hydrogen (secondary N) is 2. The van der Waals surface area contributed by atoms with Gasteiger partial charge in [-0.2, -0.15) is 0 Å². The molecule has 1 aliphatic rings. The summed E-state index contributed by atoms with van der Waals surface area (Å²) < 4.78 is 5.49. The van der Waals surface area contributed by atoms with Gasteiger partial charge in [0, 0.05) is 13.1 Å². The first-order valence-electron chi connectivity index (χ1n) is 5.25. The highest BCUT2D eigenvalue weighted by Gasteiger charge is 2.20. The van der Waals surface area contributed by atoms with Crippen LogP contribution in [-0.2, 0) is 9.53 Å². The molecule has 0 heterocycles. The number of ether oxygens (including phenoxy) is 1.